The van der Waals surface area contributed by atoms with Gasteiger partial charge in [0, 0.05) is 17.9 Å². The number of carbonyl (C=O) groups is 1. The van der Waals surface area contributed by atoms with Crippen LogP contribution in [-0.2, 0) is 4.79 Å². The highest BCUT2D eigenvalue weighted by Gasteiger charge is 2.31. The highest BCUT2D eigenvalue weighted by Crippen LogP contribution is 2.39. The lowest BCUT2D eigenvalue weighted by Crippen LogP contribution is -2.24. The zero-order chi connectivity index (χ0) is 19.3. The number of benzene rings is 2. The fourth-order valence-electron chi connectivity index (χ4n) is 3.73. The third kappa shape index (κ3) is 2.81. The average molecular weight is 388 g/mol. The molecule has 1 atom stereocenters. The van der Waals surface area contributed by atoms with Gasteiger partial charge in [0.15, 0.2) is 0 Å². The van der Waals surface area contributed by atoms with Crippen molar-refractivity contribution in [2.45, 2.75) is 32.1 Å². The van der Waals surface area contributed by atoms with Crippen LogP contribution in [0.4, 0.5) is 5.82 Å². The maximum Gasteiger partial charge on any atom is 0.226 e. The Labute approximate surface area is 167 Å². The van der Waals surface area contributed by atoms with Crippen molar-refractivity contribution < 1.29 is 4.79 Å². The maximum absolute atomic E-state index is 12.5. The molecule has 0 saturated carbocycles. The van der Waals surface area contributed by atoms with E-state index < -0.39 is 0 Å². The van der Waals surface area contributed by atoms with Crippen LogP contribution < -0.4 is 5.32 Å². The van der Waals surface area contributed by atoms with Gasteiger partial charge in [-0.2, -0.15) is 9.78 Å². The molecule has 0 spiro atoms. The van der Waals surface area contributed by atoms with Crippen molar-refractivity contribution in [3.05, 3.63) is 71.4 Å². The van der Waals surface area contributed by atoms with Gasteiger partial charge in [0.05, 0.1) is 16.4 Å². The largest absolute Gasteiger partial charge is 0.310 e. The number of fused-ring (bicyclic) bond motifs is 2. The van der Waals surface area contributed by atoms with Gasteiger partial charge in [-0.05, 0) is 29.2 Å². The van der Waals surface area contributed by atoms with Crippen LogP contribution in [-0.4, -0.2) is 20.7 Å². The van der Waals surface area contributed by atoms with E-state index in [9.17, 15) is 4.79 Å². The minimum atomic E-state index is 0.00749. The van der Waals surface area contributed by atoms with Gasteiger partial charge in [-0.1, -0.05) is 61.6 Å². The van der Waals surface area contributed by atoms with Gasteiger partial charge >= 0.3 is 0 Å². The number of hydrogen-bond donors (Lipinski definition) is 1. The Morgan fingerprint density at radius 2 is 1.93 bits per heavy atom. The van der Waals surface area contributed by atoms with E-state index in [2.05, 4.69) is 53.5 Å². The summed E-state index contributed by atoms with van der Waals surface area (Å²) < 4.78 is 2.86. The van der Waals surface area contributed by atoms with E-state index in [4.69, 9.17) is 0 Å². The number of aromatic nitrogens is 3. The lowest BCUT2D eigenvalue weighted by molar-refractivity contribution is -0.116. The van der Waals surface area contributed by atoms with E-state index in [1.165, 1.54) is 5.56 Å². The van der Waals surface area contributed by atoms with Crippen LogP contribution in [0.15, 0.2) is 54.7 Å². The zero-order valence-electron chi connectivity index (χ0n) is 15.7. The van der Waals surface area contributed by atoms with Crippen LogP contribution in [0.1, 0.15) is 48.8 Å². The molecule has 0 fully saturated rings. The van der Waals surface area contributed by atoms with Crippen LogP contribution in [0, 0.1) is 0 Å². The first-order valence-electron chi connectivity index (χ1n) is 9.43. The van der Waals surface area contributed by atoms with Gasteiger partial charge in [-0.15, -0.1) is 0 Å². The number of nitrogens with one attached hydrogen (secondary N) is 1. The molecule has 1 N–H and O–H groups in total. The van der Waals surface area contributed by atoms with Crippen LogP contribution in [0.25, 0.3) is 15.3 Å². The van der Waals surface area contributed by atoms with Crippen molar-refractivity contribution in [1.29, 1.82) is 0 Å². The smallest absolute Gasteiger partial charge is 0.226 e. The van der Waals surface area contributed by atoms with Gasteiger partial charge in [0.2, 0.25) is 11.0 Å². The normalized spacial score (nSPS) is 16.4. The number of hydrogen-bond acceptors (Lipinski definition) is 4. The van der Waals surface area contributed by atoms with Crippen molar-refractivity contribution in [1.82, 2.24) is 14.8 Å². The number of para-hydroxylation sites is 1. The zero-order valence-corrected chi connectivity index (χ0v) is 16.5. The molecule has 3 heterocycles. The number of carbonyl (C=O) groups excluding carboxylic acids is 1. The molecule has 2 aromatic carbocycles. The summed E-state index contributed by atoms with van der Waals surface area (Å²) in [5, 5.41) is 8.34. The molecule has 0 aliphatic carbocycles. The fraction of sp³-hybridized carbons (Fsp3) is 0.227. The summed E-state index contributed by atoms with van der Waals surface area (Å²) in [6, 6.07) is 16.6. The Morgan fingerprint density at radius 3 is 2.68 bits per heavy atom. The third-order valence-electron chi connectivity index (χ3n) is 5.29. The van der Waals surface area contributed by atoms with Gasteiger partial charge in [0.25, 0.3) is 0 Å². The monoisotopic (exact) mass is 388 g/mol. The Balaban J connectivity index is 1.57. The molecule has 5 rings (SSSR count). The lowest BCUT2D eigenvalue weighted by atomic mass is 9.86. The second-order valence-corrected chi connectivity index (χ2v) is 8.46. The molecular formula is C22H20N4OS. The molecule has 0 bridgehead atoms. The van der Waals surface area contributed by atoms with Crippen LogP contribution in [0.2, 0.25) is 0 Å². The van der Waals surface area contributed by atoms with Crippen molar-refractivity contribution in [3.8, 4) is 5.13 Å². The first kappa shape index (κ1) is 17.1. The highest BCUT2D eigenvalue weighted by atomic mass is 32.1. The minimum absolute atomic E-state index is 0.00749. The van der Waals surface area contributed by atoms with Crippen LogP contribution in [0.5, 0.6) is 0 Å². The molecule has 1 amide bonds. The molecule has 1 aliphatic heterocycles. The molecule has 0 radical (unpaired) electrons. The Kier molecular flexibility index (Phi) is 4.02. The Morgan fingerprint density at radius 1 is 1.14 bits per heavy atom. The lowest BCUT2D eigenvalue weighted by Gasteiger charge is -2.23. The van der Waals surface area contributed by atoms with E-state index in [0.717, 1.165) is 32.3 Å². The molecule has 1 unspecified atom stereocenters. The Bertz CT molecular complexity index is 1140. The van der Waals surface area contributed by atoms with E-state index in [-0.39, 0.29) is 11.8 Å². The van der Waals surface area contributed by atoms with Crippen LogP contribution in [0.3, 0.4) is 0 Å². The fourth-order valence-corrected chi connectivity index (χ4v) is 4.66. The molecule has 1 aliphatic rings. The maximum atomic E-state index is 12.5. The highest BCUT2D eigenvalue weighted by molar-refractivity contribution is 7.20. The van der Waals surface area contributed by atoms with Gasteiger partial charge in [-0.3, -0.25) is 4.79 Å². The van der Waals surface area contributed by atoms with E-state index in [0.29, 0.717) is 12.3 Å². The predicted octanol–water partition coefficient (Wildman–Crippen LogP) is 5.08. The van der Waals surface area contributed by atoms with E-state index >= 15 is 0 Å². The third-order valence-corrected chi connectivity index (χ3v) is 6.30. The summed E-state index contributed by atoms with van der Waals surface area (Å²) in [5.74, 6) is 1.23. The first-order valence-corrected chi connectivity index (χ1v) is 10.3. The second kappa shape index (κ2) is 6.56. The summed E-state index contributed by atoms with van der Waals surface area (Å²) in [7, 11) is 0. The molecular weight excluding hydrogens is 368 g/mol. The average Bonchev–Trinajstić information content (AvgIpc) is 3.31. The summed E-state index contributed by atoms with van der Waals surface area (Å²) in [4.78, 5) is 17.2. The standard InChI is InChI=1S/C22H20N4OS/c1-13(2)14-7-9-15(10-8-14)16-11-20(27)25-21-17(16)12-23-26(21)22-24-18-5-3-4-6-19(18)28-22/h3-10,12-13,16H,11H2,1-2H3,(H,25,27). The van der Waals surface area contributed by atoms with Crippen molar-refractivity contribution in [2.75, 3.05) is 5.32 Å². The summed E-state index contributed by atoms with van der Waals surface area (Å²) >= 11 is 1.57. The van der Waals surface area contributed by atoms with Crippen molar-refractivity contribution in [3.63, 3.8) is 0 Å². The molecule has 0 saturated heterocycles. The molecule has 28 heavy (non-hydrogen) atoms. The molecule has 5 nitrogen and oxygen atoms in total. The van der Waals surface area contributed by atoms with Gasteiger partial charge in [-0.25, -0.2) is 4.98 Å². The quantitative estimate of drug-likeness (QED) is 0.532. The molecule has 140 valence electrons. The van der Waals surface area contributed by atoms with Gasteiger partial charge in [0.1, 0.15) is 5.82 Å². The SMILES string of the molecule is CC(C)c1ccc(C2CC(=O)Nc3c2cnn3-c2nc3ccccc3s2)cc1. The molecule has 2 aromatic heterocycles. The van der Waals surface area contributed by atoms with Gasteiger partial charge < -0.3 is 5.32 Å². The topological polar surface area (TPSA) is 59.8 Å². The van der Waals surface area contributed by atoms with E-state index in [1.54, 1.807) is 16.0 Å². The molecule has 6 heteroatoms. The minimum Gasteiger partial charge on any atom is -0.310 e. The Hall–Kier alpha value is -2.99. The van der Waals surface area contributed by atoms with Crippen molar-refractivity contribution >= 4 is 33.3 Å². The summed E-state index contributed by atoms with van der Waals surface area (Å²) in [6.07, 6.45) is 2.29. The first-order chi connectivity index (χ1) is 13.6. The number of anilines is 1. The van der Waals surface area contributed by atoms with Crippen molar-refractivity contribution in [2.24, 2.45) is 0 Å². The molecule has 4 aromatic rings. The number of rotatable bonds is 3. The van der Waals surface area contributed by atoms with E-state index in [1.807, 2.05) is 30.5 Å². The summed E-state index contributed by atoms with van der Waals surface area (Å²) in [5.41, 5.74) is 4.42. The predicted molar refractivity (Wildman–Crippen MR) is 112 cm³/mol. The number of amides is 1. The number of nitrogens with zero attached hydrogens (tertiary/aromatic N) is 3. The number of thiazole rings is 1. The second-order valence-electron chi connectivity index (χ2n) is 7.45. The van der Waals surface area contributed by atoms with Crippen LogP contribution >= 0.6 is 11.3 Å². The summed E-state index contributed by atoms with van der Waals surface area (Å²) in [6.45, 7) is 4.37.